The molecule has 2 aliphatic rings. The maximum absolute atomic E-state index is 13.0. The quantitative estimate of drug-likeness (QED) is 0.230. The largest absolute Gasteiger partial charge is 0.497 e. The molecule has 0 aliphatic carbocycles. The average Bonchev–Trinajstić information content (AvgIpc) is 3.47. The summed E-state index contributed by atoms with van der Waals surface area (Å²) in [7, 11) is 1.61. The lowest BCUT2D eigenvalue weighted by Crippen LogP contribution is -2.43. The fourth-order valence-electron chi connectivity index (χ4n) is 6.39. The van der Waals surface area contributed by atoms with Gasteiger partial charge in [0.25, 0.3) is 11.8 Å². The Bertz CT molecular complexity index is 1290. The molecule has 4 unspecified atom stereocenters. The van der Waals surface area contributed by atoms with Gasteiger partial charge in [-0.2, -0.15) is 0 Å². The highest BCUT2D eigenvalue weighted by Gasteiger charge is 2.41. The van der Waals surface area contributed by atoms with Crippen molar-refractivity contribution in [3.05, 3.63) is 64.2 Å². The third kappa shape index (κ3) is 9.31. The Hall–Kier alpha value is -3.06. The van der Waals surface area contributed by atoms with Gasteiger partial charge in [-0.3, -0.25) is 9.59 Å². The molecule has 4 rings (SSSR count). The van der Waals surface area contributed by atoms with Crippen LogP contribution >= 0.6 is 0 Å². The monoisotopic (exact) mass is 656 g/mol. The van der Waals surface area contributed by atoms with E-state index >= 15 is 0 Å². The first-order valence-corrected chi connectivity index (χ1v) is 17.0. The number of fused-ring (bicyclic) bond motifs is 2. The summed E-state index contributed by atoms with van der Waals surface area (Å²) in [6.45, 7) is 16.5. The van der Waals surface area contributed by atoms with Crippen LogP contribution in [0.5, 0.6) is 5.75 Å². The molecule has 2 aromatic rings. The van der Waals surface area contributed by atoms with Gasteiger partial charge in [-0.1, -0.05) is 25.5 Å². The second-order valence-electron chi connectivity index (χ2n) is 11.8. The summed E-state index contributed by atoms with van der Waals surface area (Å²) in [5, 5.41) is 0. The standard InChI is InChI=1S/C19H30N2O3.C17H26N2O4/c1-5-8-14-9-10-15-16(11-14)19(22)21(18(15)13(4)20)12-17(23-6-2)24-7-3;1-5-22-15(23-6-2)10-19-16(11(3)18)14-9-12(21-4)7-8-13(14)17(19)20/h9-11,13,17-18H,5-8,12,20H2,1-4H3;7-9,11,15-16H,5-6,10,18H2,1-4H3. The number of hydrogen-bond donors (Lipinski definition) is 2. The lowest BCUT2D eigenvalue weighted by atomic mass is 9.97. The van der Waals surface area contributed by atoms with E-state index in [1.807, 2.05) is 53.7 Å². The van der Waals surface area contributed by atoms with E-state index < -0.39 is 12.6 Å². The second kappa shape index (κ2) is 18.5. The van der Waals surface area contributed by atoms with Crippen LogP contribution in [0, 0.1) is 0 Å². The van der Waals surface area contributed by atoms with Gasteiger partial charge in [-0.25, -0.2) is 0 Å². The molecule has 11 nitrogen and oxygen atoms in total. The second-order valence-corrected chi connectivity index (χ2v) is 11.8. The highest BCUT2D eigenvalue weighted by molar-refractivity contribution is 6.00. The van der Waals surface area contributed by atoms with Gasteiger partial charge in [-0.15, -0.1) is 0 Å². The average molecular weight is 657 g/mol. The van der Waals surface area contributed by atoms with Crippen molar-refractivity contribution in [1.82, 2.24) is 9.80 Å². The maximum Gasteiger partial charge on any atom is 0.254 e. The Morgan fingerprint density at radius 2 is 1.17 bits per heavy atom. The molecule has 11 heteroatoms. The summed E-state index contributed by atoms with van der Waals surface area (Å²) in [6, 6.07) is 10.9. The van der Waals surface area contributed by atoms with Crippen LogP contribution in [0.4, 0.5) is 0 Å². The molecule has 0 spiro atoms. The molecule has 47 heavy (non-hydrogen) atoms. The van der Waals surface area contributed by atoms with Crippen molar-refractivity contribution < 1.29 is 33.3 Å². The molecule has 0 bridgehead atoms. The van der Waals surface area contributed by atoms with Crippen LogP contribution in [-0.2, 0) is 25.4 Å². The smallest absolute Gasteiger partial charge is 0.254 e. The Kier molecular flexibility index (Phi) is 15.1. The van der Waals surface area contributed by atoms with E-state index in [0.29, 0.717) is 45.1 Å². The summed E-state index contributed by atoms with van der Waals surface area (Å²) < 4.78 is 27.7. The summed E-state index contributed by atoms with van der Waals surface area (Å²) in [4.78, 5) is 29.3. The molecule has 2 heterocycles. The molecule has 262 valence electrons. The van der Waals surface area contributed by atoms with Crippen molar-refractivity contribution in [2.45, 2.75) is 98.1 Å². The Labute approximate surface area is 280 Å². The Morgan fingerprint density at radius 3 is 1.62 bits per heavy atom. The fourth-order valence-corrected chi connectivity index (χ4v) is 6.39. The van der Waals surface area contributed by atoms with Crippen molar-refractivity contribution in [1.29, 1.82) is 0 Å². The minimum absolute atomic E-state index is 0.0228. The van der Waals surface area contributed by atoms with E-state index in [2.05, 4.69) is 19.1 Å². The van der Waals surface area contributed by atoms with Crippen molar-refractivity contribution in [3.63, 3.8) is 0 Å². The zero-order valence-corrected chi connectivity index (χ0v) is 29.5. The van der Waals surface area contributed by atoms with Gasteiger partial charge < -0.3 is 45.0 Å². The number of carbonyl (C=O) groups excluding carboxylic acids is 2. The number of ether oxygens (including phenoxy) is 5. The van der Waals surface area contributed by atoms with Gasteiger partial charge in [-0.05, 0) is 88.9 Å². The summed E-state index contributed by atoms with van der Waals surface area (Å²) >= 11 is 0. The Morgan fingerprint density at radius 1 is 0.681 bits per heavy atom. The van der Waals surface area contributed by atoms with E-state index in [1.165, 1.54) is 5.56 Å². The molecule has 4 atom stereocenters. The summed E-state index contributed by atoms with van der Waals surface area (Å²) in [5.74, 6) is 0.694. The van der Waals surface area contributed by atoms with Crippen molar-refractivity contribution in [2.75, 3.05) is 46.6 Å². The van der Waals surface area contributed by atoms with Gasteiger partial charge >= 0.3 is 0 Å². The van der Waals surface area contributed by atoms with E-state index in [4.69, 9.17) is 35.2 Å². The van der Waals surface area contributed by atoms with Crippen molar-refractivity contribution in [2.24, 2.45) is 11.5 Å². The first-order valence-electron chi connectivity index (χ1n) is 17.0. The molecule has 4 N–H and O–H groups in total. The molecule has 2 aliphatic heterocycles. The first kappa shape index (κ1) is 38.4. The molecule has 0 radical (unpaired) electrons. The zero-order valence-electron chi connectivity index (χ0n) is 29.5. The first-order chi connectivity index (χ1) is 22.6. The summed E-state index contributed by atoms with van der Waals surface area (Å²) in [6.07, 6.45) is 1.16. The van der Waals surface area contributed by atoms with Crippen LogP contribution < -0.4 is 16.2 Å². The third-order valence-corrected chi connectivity index (χ3v) is 8.30. The number of rotatable bonds is 17. The molecule has 0 saturated carbocycles. The fraction of sp³-hybridized carbons (Fsp3) is 0.611. The number of benzene rings is 2. The maximum atomic E-state index is 13.0. The number of aryl methyl sites for hydroxylation is 1. The molecule has 2 amide bonds. The van der Waals surface area contributed by atoms with Gasteiger partial charge in [0.05, 0.1) is 32.3 Å². The lowest BCUT2D eigenvalue weighted by Gasteiger charge is -2.31. The van der Waals surface area contributed by atoms with Gasteiger partial charge in [0, 0.05) is 49.6 Å². The number of methoxy groups -OCH3 is 1. The minimum atomic E-state index is -0.452. The van der Waals surface area contributed by atoms with Gasteiger partial charge in [0.15, 0.2) is 12.6 Å². The molecule has 0 fully saturated rings. The number of nitrogens with two attached hydrogens (primary N) is 2. The number of nitrogens with zero attached hydrogens (tertiary/aromatic N) is 2. The van der Waals surface area contributed by atoms with Crippen LogP contribution in [0.15, 0.2) is 36.4 Å². The topological polar surface area (TPSA) is 139 Å². The van der Waals surface area contributed by atoms with Crippen LogP contribution in [-0.4, -0.2) is 92.9 Å². The molecule has 2 aromatic carbocycles. The SMILES string of the molecule is CCCc1ccc2c(c1)C(=O)N(CC(OCC)OCC)C2C(C)N.CCOC(CN1C(=O)c2ccc(OC)cc2C1C(C)N)OCC. The number of amides is 2. The number of hydrogen-bond acceptors (Lipinski definition) is 9. The third-order valence-electron chi connectivity index (χ3n) is 8.30. The molecule has 0 aromatic heterocycles. The van der Waals surface area contributed by atoms with Crippen molar-refractivity contribution >= 4 is 11.8 Å². The van der Waals surface area contributed by atoms with Gasteiger partial charge in [0.1, 0.15) is 5.75 Å². The van der Waals surface area contributed by atoms with E-state index in [1.54, 1.807) is 29.0 Å². The lowest BCUT2D eigenvalue weighted by molar-refractivity contribution is -0.146. The number of carbonyl (C=O) groups is 2. The predicted molar refractivity (Wildman–Crippen MR) is 182 cm³/mol. The Balaban J connectivity index is 0.000000256. The van der Waals surface area contributed by atoms with Crippen LogP contribution in [0.1, 0.15) is 104 Å². The molecular formula is C36H56N4O7. The van der Waals surface area contributed by atoms with E-state index in [9.17, 15) is 9.59 Å². The highest BCUT2D eigenvalue weighted by atomic mass is 16.7. The van der Waals surface area contributed by atoms with Crippen LogP contribution in [0.25, 0.3) is 0 Å². The minimum Gasteiger partial charge on any atom is -0.497 e. The normalized spacial score (nSPS) is 18.4. The zero-order chi connectivity index (χ0) is 34.7. The summed E-state index contributed by atoms with van der Waals surface area (Å²) in [5.41, 5.74) is 16.9. The highest BCUT2D eigenvalue weighted by Crippen LogP contribution is 2.38. The molecular weight excluding hydrogens is 600 g/mol. The van der Waals surface area contributed by atoms with Crippen LogP contribution in [0.2, 0.25) is 0 Å². The van der Waals surface area contributed by atoms with Gasteiger partial charge in [0.2, 0.25) is 0 Å². The van der Waals surface area contributed by atoms with E-state index in [0.717, 1.165) is 35.3 Å². The van der Waals surface area contributed by atoms with Crippen molar-refractivity contribution in [3.8, 4) is 5.75 Å². The molecule has 0 saturated heterocycles. The van der Waals surface area contributed by atoms with Crippen LogP contribution in [0.3, 0.4) is 0 Å². The predicted octanol–water partition coefficient (Wildman–Crippen LogP) is 4.82. The van der Waals surface area contributed by atoms with E-state index in [-0.39, 0.29) is 36.0 Å².